The van der Waals surface area contributed by atoms with Crippen LogP contribution < -0.4 is 5.32 Å². The Hall–Kier alpha value is -1.01. The van der Waals surface area contributed by atoms with Gasteiger partial charge in [0.1, 0.15) is 0 Å². The van der Waals surface area contributed by atoms with Crippen molar-refractivity contribution in [2.45, 2.75) is 6.18 Å². The van der Waals surface area contributed by atoms with Gasteiger partial charge in [-0.3, -0.25) is 0 Å². The van der Waals surface area contributed by atoms with Crippen LogP contribution in [0.25, 0.3) is 0 Å². The normalized spacial score (nSPS) is 11.2. The van der Waals surface area contributed by atoms with E-state index in [9.17, 15) is 13.2 Å². The number of anilines is 1. The molecule has 0 aliphatic rings. The fourth-order valence-electron chi connectivity index (χ4n) is 1.06. The van der Waals surface area contributed by atoms with E-state index in [1.54, 1.807) is 19.0 Å². The SMILES string of the molecule is CN(C)C(=S)Nc1ccc(Cl)c(C(F)(F)F)c1. The van der Waals surface area contributed by atoms with Crippen molar-refractivity contribution >= 4 is 34.6 Å². The molecule has 0 amide bonds. The summed E-state index contributed by atoms with van der Waals surface area (Å²) in [5.74, 6) is 0. The fraction of sp³-hybridized carbons (Fsp3) is 0.300. The van der Waals surface area contributed by atoms with Gasteiger partial charge in [-0.1, -0.05) is 11.6 Å². The highest BCUT2D eigenvalue weighted by Crippen LogP contribution is 2.36. The molecule has 0 aliphatic heterocycles. The minimum atomic E-state index is -4.48. The van der Waals surface area contributed by atoms with Crippen LogP contribution in [0.1, 0.15) is 5.56 Å². The molecule has 0 spiro atoms. The van der Waals surface area contributed by atoms with E-state index < -0.39 is 11.7 Å². The number of benzene rings is 1. The van der Waals surface area contributed by atoms with Gasteiger partial charge in [-0.15, -0.1) is 0 Å². The molecule has 0 fully saturated rings. The summed E-state index contributed by atoms with van der Waals surface area (Å²) in [7, 11) is 3.38. The number of hydrogen-bond acceptors (Lipinski definition) is 1. The summed E-state index contributed by atoms with van der Waals surface area (Å²) in [6.45, 7) is 0. The highest BCUT2D eigenvalue weighted by atomic mass is 35.5. The van der Waals surface area contributed by atoms with Crippen molar-refractivity contribution in [3.8, 4) is 0 Å². The molecule has 17 heavy (non-hydrogen) atoms. The first kappa shape index (κ1) is 14.1. The van der Waals surface area contributed by atoms with Crippen LogP contribution in [0.2, 0.25) is 5.02 Å². The van der Waals surface area contributed by atoms with E-state index in [0.29, 0.717) is 5.11 Å². The van der Waals surface area contributed by atoms with Gasteiger partial charge < -0.3 is 10.2 Å². The Bertz CT molecular complexity index is 432. The monoisotopic (exact) mass is 282 g/mol. The van der Waals surface area contributed by atoms with Crippen molar-refractivity contribution in [2.24, 2.45) is 0 Å². The highest BCUT2D eigenvalue weighted by molar-refractivity contribution is 7.80. The molecule has 7 heteroatoms. The molecule has 0 unspecified atom stereocenters. The maximum atomic E-state index is 12.6. The van der Waals surface area contributed by atoms with Gasteiger partial charge in [-0.2, -0.15) is 13.2 Å². The average Bonchev–Trinajstić information content (AvgIpc) is 2.19. The topological polar surface area (TPSA) is 15.3 Å². The van der Waals surface area contributed by atoms with E-state index in [1.807, 2.05) is 0 Å². The summed E-state index contributed by atoms with van der Waals surface area (Å²) in [6, 6.07) is 3.55. The lowest BCUT2D eigenvalue weighted by atomic mass is 10.2. The lowest BCUT2D eigenvalue weighted by molar-refractivity contribution is -0.137. The summed E-state index contributed by atoms with van der Waals surface area (Å²) in [6.07, 6.45) is -4.48. The predicted octanol–water partition coefficient (Wildman–Crippen LogP) is 3.62. The first-order chi connectivity index (χ1) is 7.71. The fourth-order valence-corrected chi connectivity index (χ4v) is 1.40. The van der Waals surface area contributed by atoms with Gasteiger partial charge in [-0.05, 0) is 30.4 Å². The zero-order valence-corrected chi connectivity index (χ0v) is 10.7. The van der Waals surface area contributed by atoms with Gasteiger partial charge in [0, 0.05) is 19.8 Å². The van der Waals surface area contributed by atoms with Crippen LogP contribution in [0.15, 0.2) is 18.2 Å². The molecule has 0 heterocycles. The number of alkyl halides is 3. The van der Waals surface area contributed by atoms with E-state index in [2.05, 4.69) is 5.32 Å². The lowest BCUT2D eigenvalue weighted by Crippen LogP contribution is -2.27. The first-order valence-corrected chi connectivity index (χ1v) is 5.35. The maximum absolute atomic E-state index is 12.6. The van der Waals surface area contributed by atoms with Crippen LogP contribution in [0.5, 0.6) is 0 Å². The number of thiocarbonyl (C=S) groups is 1. The lowest BCUT2D eigenvalue weighted by Gasteiger charge is -2.17. The molecular weight excluding hydrogens is 273 g/mol. The van der Waals surface area contributed by atoms with Gasteiger partial charge in [0.15, 0.2) is 5.11 Å². The molecule has 0 radical (unpaired) electrons. The van der Waals surface area contributed by atoms with Crippen LogP contribution in [-0.2, 0) is 6.18 Å². The van der Waals surface area contributed by atoms with E-state index in [1.165, 1.54) is 12.1 Å². The molecular formula is C10H10ClF3N2S. The Morgan fingerprint density at radius 2 is 1.94 bits per heavy atom. The Morgan fingerprint density at radius 1 is 1.35 bits per heavy atom. The minimum absolute atomic E-state index is 0.250. The average molecular weight is 283 g/mol. The van der Waals surface area contributed by atoms with Crippen molar-refractivity contribution in [3.05, 3.63) is 28.8 Å². The Morgan fingerprint density at radius 3 is 2.41 bits per heavy atom. The number of halogens is 4. The van der Waals surface area contributed by atoms with Gasteiger partial charge >= 0.3 is 6.18 Å². The summed E-state index contributed by atoms with van der Waals surface area (Å²) in [5, 5.41) is 2.67. The molecule has 2 nitrogen and oxygen atoms in total. The third-order valence-corrected chi connectivity index (χ3v) is 2.73. The van der Waals surface area contributed by atoms with Crippen LogP contribution >= 0.6 is 23.8 Å². The summed E-state index contributed by atoms with van der Waals surface area (Å²) in [5.41, 5.74) is -0.633. The van der Waals surface area contributed by atoms with Crippen molar-refractivity contribution in [1.82, 2.24) is 4.90 Å². The molecule has 1 N–H and O–H groups in total. The Labute approximate surface area is 107 Å². The number of rotatable bonds is 1. The number of hydrogen-bond donors (Lipinski definition) is 1. The second kappa shape index (κ2) is 5.10. The van der Waals surface area contributed by atoms with Crippen molar-refractivity contribution in [1.29, 1.82) is 0 Å². The molecule has 0 saturated carbocycles. The van der Waals surface area contributed by atoms with Crippen LogP contribution in [0, 0.1) is 0 Å². The van der Waals surface area contributed by atoms with E-state index in [-0.39, 0.29) is 10.7 Å². The Kier molecular flexibility index (Phi) is 4.21. The van der Waals surface area contributed by atoms with Crippen LogP contribution in [-0.4, -0.2) is 24.1 Å². The summed E-state index contributed by atoms with van der Waals surface area (Å²) in [4.78, 5) is 1.58. The molecule has 94 valence electrons. The number of nitrogens with one attached hydrogen (secondary N) is 1. The van der Waals surface area contributed by atoms with Gasteiger partial charge in [-0.25, -0.2) is 0 Å². The molecule has 1 aromatic rings. The van der Waals surface area contributed by atoms with Crippen molar-refractivity contribution in [2.75, 3.05) is 19.4 Å². The third kappa shape index (κ3) is 3.74. The van der Waals surface area contributed by atoms with Crippen molar-refractivity contribution < 1.29 is 13.2 Å². The third-order valence-electron chi connectivity index (χ3n) is 1.93. The standard InChI is InChI=1S/C10H10ClF3N2S/c1-16(2)9(17)15-6-3-4-8(11)7(5-6)10(12,13)14/h3-5H,1-2H3,(H,15,17). The largest absolute Gasteiger partial charge is 0.417 e. The summed E-state index contributed by atoms with van der Waals surface area (Å²) >= 11 is 10.4. The second-order valence-corrected chi connectivity index (χ2v) is 4.31. The first-order valence-electron chi connectivity index (χ1n) is 4.57. The molecule has 0 atom stereocenters. The maximum Gasteiger partial charge on any atom is 0.417 e. The van der Waals surface area contributed by atoms with E-state index >= 15 is 0 Å². The van der Waals surface area contributed by atoms with E-state index in [4.69, 9.17) is 23.8 Å². The second-order valence-electron chi connectivity index (χ2n) is 3.52. The molecule has 0 saturated heterocycles. The van der Waals surface area contributed by atoms with Gasteiger partial charge in [0.05, 0.1) is 10.6 Å². The Balaban J connectivity index is 3.01. The molecule has 0 aromatic heterocycles. The molecule has 1 aromatic carbocycles. The summed E-state index contributed by atoms with van der Waals surface area (Å²) < 4.78 is 37.7. The van der Waals surface area contributed by atoms with E-state index in [0.717, 1.165) is 6.07 Å². The predicted molar refractivity (Wildman–Crippen MR) is 66.4 cm³/mol. The van der Waals surface area contributed by atoms with Crippen LogP contribution in [0.4, 0.5) is 18.9 Å². The molecule has 0 aliphatic carbocycles. The molecule has 0 bridgehead atoms. The highest BCUT2D eigenvalue weighted by Gasteiger charge is 2.33. The number of nitrogens with zero attached hydrogens (tertiary/aromatic N) is 1. The van der Waals surface area contributed by atoms with Gasteiger partial charge in [0.25, 0.3) is 0 Å². The van der Waals surface area contributed by atoms with Gasteiger partial charge in [0.2, 0.25) is 0 Å². The zero-order valence-electron chi connectivity index (χ0n) is 9.10. The zero-order chi connectivity index (χ0) is 13.2. The van der Waals surface area contributed by atoms with Crippen LogP contribution in [0.3, 0.4) is 0 Å². The van der Waals surface area contributed by atoms with Crippen molar-refractivity contribution in [3.63, 3.8) is 0 Å². The minimum Gasteiger partial charge on any atom is -0.355 e. The quantitative estimate of drug-likeness (QED) is 0.792. The smallest absolute Gasteiger partial charge is 0.355 e. The molecule has 1 rings (SSSR count).